The molecule has 0 amide bonds. The van der Waals surface area contributed by atoms with Crippen molar-refractivity contribution in [3.8, 4) is 0 Å². The smallest absolute Gasteiger partial charge is 0.306 e. The lowest BCUT2D eigenvalue weighted by Crippen LogP contribution is -2.18. The van der Waals surface area contributed by atoms with Crippen LogP contribution >= 0.6 is 0 Å². The van der Waals surface area contributed by atoms with Gasteiger partial charge in [0.2, 0.25) is 11.9 Å². The Hall–Kier alpha value is -3.37. The van der Waals surface area contributed by atoms with Gasteiger partial charge in [0.05, 0.1) is 12.1 Å². The van der Waals surface area contributed by atoms with Crippen LogP contribution in [0.2, 0.25) is 0 Å². The molecule has 3 aromatic rings. The first kappa shape index (κ1) is 22.3. The average molecular weight is 436 g/mol. The summed E-state index contributed by atoms with van der Waals surface area (Å²) >= 11 is 0. The zero-order valence-corrected chi connectivity index (χ0v) is 17.4. The summed E-state index contributed by atoms with van der Waals surface area (Å²) in [4.78, 5) is 24.3. The standard InChI is InChI=1S/C20H23F3N6O2/c1-9(2)25-19-24-8-15-17(28-19)29(11(4)5-10(3)18(30)31)20(26-15)27-16-13(22)6-12(21)7-14(16)23/h6-11H,5H2,1-4H3,(H,26,27)(H,30,31)(H,24,25,28)/t10?,11-/m0/s1. The molecule has 0 bridgehead atoms. The number of hydrogen-bond donors (Lipinski definition) is 3. The van der Waals surface area contributed by atoms with Gasteiger partial charge in [-0.3, -0.25) is 9.36 Å². The summed E-state index contributed by atoms with van der Waals surface area (Å²) in [5, 5.41) is 14.9. The third-order valence-electron chi connectivity index (χ3n) is 4.65. The predicted octanol–water partition coefficient (Wildman–Crippen LogP) is 4.48. The Morgan fingerprint density at radius 3 is 2.35 bits per heavy atom. The van der Waals surface area contributed by atoms with Crippen molar-refractivity contribution in [3.63, 3.8) is 0 Å². The van der Waals surface area contributed by atoms with Crippen LogP contribution in [0.4, 0.5) is 30.8 Å². The molecule has 2 heterocycles. The van der Waals surface area contributed by atoms with Gasteiger partial charge in [0.15, 0.2) is 17.3 Å². The fourth-order valence-electron chi connectivity index (χ4n) is 3.22. The highest BCUT2D eigenvalue weighted by Crippen LogP contribution is 2.31. The van der Waals surface area contributed by atoms with Crippen LogP contribution in [0, 0.1) is 23.4 Å². The number of carboxylic acid groups (broad SMARTS) is 1. The number of aromatic nitrogens is 4. The number of benzene rings is 1. The largest absolute Gasteiger partial charge is 0.481 e. The van der Waals surface area contributed by atoms with Gasteiger partial charge in [-0.25, -0.2) is 23.1 Å². The second kappa shape index (κ2) is 8.78. The van der Waals surface area contributed by atoms with Gasteiger partial charge in [-0.05, 0) is 27.2 Å². The highest BCUT2D eigenvalue weighted by molar-refractivity contribution is 5.77. The fraction of sp³-hybridized carbons (Fsp3) is 0.400. The van der Waals surface area contributed by atoms with Gasteiger partial charge in [-0.2, -0.15) is 4.98 Å². The van der Waals surface area contributed by atoms with Gasteiger partial charge >= 0.3 is 5.97 Å². The maximum Gasteiger partial charge on any atom is 0.306 e. The first-order valence-corrected chi connectivity index (χ1v) is 9.72. The Balaban J connectivity index is 2.12. The van der Waals surface area contributed by atoms with Crippen LogP contribution in [0.5, 0.6) is 0 Å². The van der Waals surface area contributed by atoms with Gasteiger partial charge < -0.3 is 15.7 Å². The van der Waals surface area contributed by atoms with E-state index in [0.29, 0.717) is 29.2 Å². The van der Waals surface area contributed by atoms with Gasteiger partial charge in [-0.15, -0.1) is 0 Å². The number of fused-ring (bicyclic) bond motifs is 1. The fourth-order valence-corrected chi connectivity index (χ4v) is 3.22. The van der Waals surface area contributed by atoms with Gasteiger partial charge in [-0.1, -0.05) is 6.92 Å². The lowest BCUT2D eigenvalue weighted by Gasteiger charge is -2.20. The van der Waals surface area contributed by atoms with Crippen molar-refractivity contribution in [3.05, 3.63) is 35.8 Å². The van der Waals surface area contributed by atoms with E-state index in [1.54, 1.807) is 18.4 Å². The lowest BCUT2D eigenvalue weighted by atomic mass is 10.0. The number of aliphatic carboxylic acids is 1. The monoisotopic (exact) mass is 436 g/mol. The van der Waals surface area contributed by atoms with Crippen LogP contribution in [-0.2, 0) is 4.79 Å². The van der Waals surface area contributed by atoms with Gasteiger partial charge in [0.1, 0.15) is 17.0 Å². The number of imidazole rings is 1. The Labute approximate surface area is 176 Å². The van der Waals surface area contributed by atoms with Crippen molar-refractivity contribution in [2.24, 2.45) is 5.92 Å². The van der Waals surface area contributed by atoms with Crippen LogP contribution in [0.15, 0.2) is 18.3 Å². The molecule has 3 N–H and O–H groups in total. The highest BCUT2D eigenvalue weighted by Gasteiger charge is 2.24. The van der Waals surface area contributed by atoms with Crippen LogP contribution in [0.25, 0.3) is 11.2 Å². The van der Waals surface area contributed by atoms with E-state index in [2.05, 4.69) is 25.6 Å². The number of carboxylic acids is 1. The molecule has 0 fully saturated rings. The first-order valence-electron chi connectivity index (χ1n) is 9.72. The van der Waals surface area contributed by atoms with Crippen molar-refractivity contribution in [2.75, 3.05) is 10.6 Å². The summed E-state index contributed by atoms with van der Waals surface area (Å²) in [7, 11) is 0. The normalized spacial score (nSPS) is 13.4. The van der Waals surface area contributed by atoms with E-state index in [-0.39, 0.29) is 18.4 Å². The van der Waals surface area contributed by atoms with E-state index in [1.807, 2.05) is 13.8 Å². The molecule has 2 atom stereocenters. The number of halogens is 3. The van der Waals surface area contributed by atoms with E-state index in [4.69, 9.17) is 0 Å². The Morgan fingerprint density at radius 2 is 1.77 bits per heavy atom. The number of carbonyl (C=O) groups is 1. The van der Waals surface area contributed by atoms with Crippen molar-refractivity contribution in [1.82, 2.24) is 19.5 Å². The molecule has 11 heteroatoms. The molecule has 31 heavy (non-hydrogen) atoms. The molecule has 0 spiro atoms. The zero-order chi connectivity index (χ0) is 22.9. The van der Waals surface area contributed by atoms with Gasteiger partial charge in [0, 0.05) is 24.2 Å². The number of anilines is 3. The minimum absolute atomic E-state index is 0.0282. The third kappa shape index (κ3) is 4.86. The van der Waals surface area contributed by atoms with Crippen molar-refractivity contribution in [1.29, 1.82) is 0 Å². The van der Waals surface area contributed by atoms with E-state index in [1.165, 1.54) is 6.20 Å². The number of hydrogen-bond acceptors (Lipinski definition) is 6. The summed E-state index contributed by atoms with van der Waals surface area (Å²) in [5.41, 5.74) is 0.119. The molecule has 0 radical (unpaired) electrons. The Bertz CT molecular complexity index is 1090. The first-order chi connectivity index (χ1) is 14.6. The van der Waals surface area contributed by atoms with Crippen LogP contribution in [0.3, 0.4) is 0 Å². The maximum absolute atomic E-state index is 14.2. The highest BCUT2D eigenvalue weighted by atomic mass is 19.1. The lowest BCUT2D eigenvalue weighted by molar-refractivity contribution is -0.141. The Morgan fingerprint density at radius 1 is 1.13 bits per heavy atom. The molecule has 0 aliphatic carbocycles. The van der Waals surface area contributed by atoms with E-state index >= 15 is 0 Å². The number of nitrogens with zero attached hydrogens (tertiary/aromatic N) is 4. The molecule has 1 unspecified atom stereocenters. The minimum Gasteiger partial charge on any atom is -0.481 e. The summed E-state index contributed by atoms with van der Waals surface area (Å²) in [6.45, 7) is 7.13. The molecule has 0 aliphatic rings. The van der Waals surface area contributed by atoms with E-state index < -0.39 is 41.1 Å². The predicted molar refractivity (Wildman–Crippen MR) is 110 cm³/mol. The summed E-state index contributed by atoms with van der Waals surface area (Å²) < 4.78 is 43.3. The number of rotatable bonds is 8. The molecule has 0 saturated carbocycles. The second-order valence-electron chi connectivity index (χ2n) is 7.70. The molecule has 0 saturated heterocycles. The van der Waals surface area contributed by atoms with Crippen molar-refractivity contribution >= 4 is 34.7 Å². The molecule has 2 aromatic heterocycles. The molecule has 1 aromatic carbocycles. The summed E-state index contributed by atoms with van der Waals surface area (Å²) in [6, 6.07) is 0.711. The summed E-state index contributed by atoms with van der Waals surface area (Å²) in [5.74, 6) is -4.61. The van der Waals surface area contributed by atoms with Gasteiger partial charge in [0.25, 0.3) is 0 Å². The molecule has 8 nitrogen and oxygen atoms in total. The van der Waals surface area contributed by atoms with Crippen LogP contribution in [-0.4, -0.2) is 36.6 Å². The molecular weight excluding hydrogens is 413 g/mol. The van der Waals surface area contributed by atoms with Crippen molar-refractivity contribution in [2.45, 2.75) is 46.2 Å². The van der Waals surface area contributed by atoms with Crippen LogP contribution < -0.4 is 10.6 Å². The van der Waals surface area contributed by atoms with E-state index in [9.17, 15) is 23.1 Å². The number of nitrogens with one attached hydrogen (secondary N) is 2. The molecular formula is C20H23F3N6O2. The zero-order valence-electron chi connectivity index (χ0n) is 17.4. The third-order valence-corrected chi connectivity index (χ3v) is 4.65. The Kier molecular flexibility index (Phi) is 6.32. The molecule has 0 aliphatic heterocycles. The minimum atomic E-state index is -1.13. The van der Waals surface area contributed by atoms with E-state index in [0.717, 1.165) is 0 Å². The second-order valence-corrected chi connectivity index (χ2v) is 7.70. The maximum atomic E-state index is 14.2. The molecule has 3 rings (SSSR count). The van der Waals surface area contributed by atoms with Crippen LogP contribution in [0.1, 0.15) is 40.2 Å². The quantitative estimate of drug-likeness (QED) is 0.478. The van der Waals surface area contributed by atoms with Crippen molar-refractivity contribution < 1.29 is 23.1 Å². The molecule has 166 valence electrons. The topological polar surface area (TPSA) is 105 Å². The average Bonchev–Trinajstić information content (AvgIpc) is 3.01. The SMILES string of the molecule is CC(C)Nc1ncc2nc(Nc3c(F)cc(F)cc3F)n([C@@H](C)CC(C)C(=O)O)c2n1. The summed E-state index contributed by atoms with van der Waals surface area (Å²) in [6.07, 6.45) is 1.67.